The van der Waals surface area contributed by atoms with Gasteiger partial charge in [-0.05, 0) is 63.1 Å². The summed E-state index contributed by atoms with van der Waals surface area (Å²) in [6, 6.07) is 7.75. The number of carbonyl (C=O) groups is 1. The lowest BCUT2D eigenvalue weighted by Gasteiger charge is -2.16. The van der Waals surface area contributed by atoms with E-state index in [4.69, 9.17) is 4.74 Å². The largest absolute Gasteiger partial charge is 0.487 e. The Hall–Kier alpha value is -1.61. The summed E-state index contributed by atoms with van der Waals surface area (Å²) in [7, 11) is 0. The summed E-state index contributed by atoms with van der Waals surface area (Å²) < 4.78 is 5.85. The van der Waals surface area contributed by atoms with Crippen molar-refractivity contribution in [2.45, 2.75) is 39.7 Å². The maximum atomic E-state index is 12.5. The molecule has 0 saturated heterocycles. The lowest BCUT2D eigenvalue weighted by atomic mass is 9.99. The van der Waals surface area contributed by atoms with Gasteiger partial charge in [0.25, 0.3) is 0 Å². The molecule has 2 nitrogen and oxygen atoms in total. The van der Waals surface area contributed by atoms with E-state index < -0.39 is 0 Å². The molecule has 2 heterocycles. The molecule has 104 valence electrons. The van der Waals surface area contributed by atoms with Crippen molar-refractivity contribution < 1.29 is 9.53 Å². The molecule has 3 rings (SSSR count). The minimum atomic E-state index is -0.167. The fraction of sp³-hybridized carbons (Fsp3) is 0.353. The van der Waals surface area contributed by atoms with Gasteiger partial charge in [0.05, 0.1) is 4.88 Å². The van der Waals surface area contributed by atoms with Gasteiger partial charge in [0.2, 0.25) is 5.78 Å². The third-order valence-electron chi connectivity index (χ3n) is 3.71. The predicted molar refractivity (Wildman–Crippen MR) is 82.1 cm³/mol. The summed E-state index contributed by atoms with van der Waals surface area (Å²) >= 11 is 1.57. The van der Waals surface area contributed by atoms with Crippen molar-refractivity contribution in [2.24, 2.45) is 0 Å². The Kier molecular flexibility index (Phi) is 2.98. The molecule has 0 N–H and O–H groups in total. The summed E-state index contributed by atoms with van der Waals surface area (Å²) in [6.07, 6.45) is 0.853. The zero-order chi connectivity index (χ0) is 14.5. The molecule has 0 amide bonds. The normalized spacial score (nSPS) is 15.8. The van der Waals surface area contributed by atoms with E-state index in [1.807, 2.05) is 31.2 Å². The van der Waals surface area contributed by atoms with Gasteiger partial charge in [-0.2, -0.15) is 0 Å². The van der Waals surface area contributed by atoms with E-state index in [2.05, 4.69) is 20.8 Å². The average Bonchev–Trinajstić information content (AvgIpc) is 2.86. The van der Waals surface area contributed by atoms with E-state index in [0.717, 1.165) is 28.2 Å². The Morgan fingerprint density at radius 1 is 1.25 bits per heavy atom. The lowest BCUT2D eigenvalue weighted by Crippen LogP contribution is -2.24. The zero-order valence-corrected chi connectivity index (χ0v) is 13.1. The highest BCUT2D eigenvalue weighted by molar-refractivity contribution is 7.14. The van der Waals surface area contributed by atoms with Crippen LogP contribution in [0.4, 0.5) is 0 Å². The van der Waals surface area contributed by atoms with Crippen molar-refractivity contribution in [2.75, 3.05) is 0 Å². The maximum Gasteiger partial charge on any atom is 0.202 e. The number of benzene rings is 1. The molecule has 0 bridgehead atoms. The van der Waals surface area contributed by atoms with Gasteiger partial charge in [-0.15, -0.1) is 11.3 Å². The van der Waals surface area contributed by atoms with Crippen molar-refractivity contribution in [3.63, 3.8) is 0 Å². The monoisotopic (exact) mass is 286 g/mol. The van der Waals surface area contributed by atoms with Crippen molar-refractivity contribution in [3.8, 4) is 5.75 Å². The molecule has 1 aliphatic heterocycles. The summed E-state index contributed by atoms with van der Waals surface area (Å²) in [6.45, 7) is 8.23. The number of thiophene rings is 1. The quantitative estimate of drug-likeness (QED) is 0.769. The van der Waals surface area contributed by atoms with Crippen molar-refractivity contribution in [1.82, 2.24) is 0 Å². The average molecular weight is 286 g/mol. The van der Waals surface area contributed by atoms with E-state index in [-0.39, 0.29) is 11.4 Å². The highest BCUT2D eigenvalue weighted by Gasteiger charge is 2.30. The Morgan fingerprint density at radius 3 is 2.65 bits per heavy atom. The van der Waals surface area contributed by atoms with Crippen LogP contribution in [0.5, 0.6) is 5.75 Å². The van der Waals surface area contributed by atoms with Crippen LogP contribution in [0.2, 0.25) is 0 Å². The first kappa shape index (κ1) is 13.4. The van der Waals surface area contributed by atoms with Crippen LogP contribution in [0, 0.1) is 13.8 Å². The molecular weight excluding hydrogens is 268 g/mol. The van der Waals surface area contributed by atoms with Crippen molar-refractivity contribution in [3.05, 3.63) is 50.7 Å². The first-order chi connectivity index (χ1) is 9.35. The Labute approximate surface area is 123 Å². The number of carbonyl (C=O) groups excluding carboxylic acids is 1. The first-order valence-corrected chi connectivity index (χ1v) is 7.61. The molecule has 0 saturated carbocycles. The number of rotatable bonds is 2. The number of fused-ring (bicyclic) bond motifs is 1. The van der Waals surface area contributed by atoms with Gasteiger partial charge in [-0.1, -0.05) is 0 Å². The smallest absolute Gasteiger partial charge is 0.202 e. The summed E-state index contributed by atoms with van der Waals surface area (Å²) in [5, 5.41) is 0. The van der Waals surface area contributed by atoms with Crippen LogP contribution < -0.4 is 4.74 Å². The standard InChI is InChI=1S/C17H18O2S/c1-10-7-15(20-11(10)2)16(18)12-5-6-14-13(8-12)9-17(3,4)19-14/h5-8H,9H2,1-4H3. The van der Waals surface area contributed by atoms with Crippen LogP contribution in [0.25, 0.3) is 0 Å². The molecule has 1 aliphatic rings. The third-order valence-corrected chi connectivity index (χ3v) is 4.87. The van der Waals surface area contributed by atoms with E-state index in [0.29, 0.717) is 0 Å². The third kappa shape index (κ3) is 2.27. The summed E-state index contributed by atoms with van der Waals surface area (Å²) in [5.74, 6) is 1.02. The second-order valence-corrected chi connectivity index (χ2v) is 7.30. The minimum absolute atomic E-state index is 0.110. The number of ketones is 1. The fourth-order valence-corrected chi connectivity index (χ4v) is 3.57. The van der Waals surface area contributed by atoms with Crippen LogP contribution in [-0.4, -0.2) is 11.4 Å². The molecule has 20 heavy (non-hydrogen) atoms. The van der Waals surface area contributed by atoms with Crippen molar-refractivity contribution in [1.29, 1.82) is 0 Å². The molecular formula is C17H18O2S. The van der Waals surface area contributed by atoms with E-state index in [1.165, 1.54) is 10.4 Å². The molecule has 0 aliphatic carbocycles. The molecule has 0 atom stereocenters. The topological polar surface area (TPSA) is 26.3 Å². The Balaban J connectivity index is 1.95. The van der Waals surface area contributed by atoms with Crippen LogP contribution in [0.15, 0.2) is 24.3 Å². The van der Waals surface area contributed by atoms with Gasteiger partial charge in [-0.25, -0.2) is 0 Å². The van der Waals surface area contributed by atoms with Gasteiger partial charge in [0.1, 0.15) is 11.4 Å². The van der Waals surface area contributed by atoms with Crippen LogP contribution in [-0.2, 0) is 6.42 Å². The number of ether oxygens (including phenoxy) is 1. The lowest BCUT2D eigenvalue weighted by molar-refractivity contribution is 0.104. The fourth-order valence-electron chi connectivity index (χ4n) is 2.58. The molecule has 0 unspecified atom stereocenters. The van der Waals surface area contributed by atoms with Crippen LogP contribution in [0.1, 0.15) is 45.1 Å². The highest BCUT2D eigenvalue weighted by Crippen LogP contribution is 2.36. The summed E-state index contributed by atoms with van der Waals surface area (Å²) in [5.41, 5.74) is 2.90. The highest BCUT2D eigenvalue weighted by atomic mass is 32.1. The number of hydrogen-bond donors (Lipinski definition) is 0. The van der Waals surface area contributed by atoms with Crippen molar-refractivity contribution >= 4 is 17.1 Å². The maximum absolute atomic E-state index is 12.5. The molecule has 0 radical (unpaired) electrons. The molecule has 0 fully saturated rings. The number of hydrogen-bond acceptors (Lipinski definition) is 3. The zero-order valence-electron chi connectivity index (χ0n) is 12.2. The second kappa shape index (κ2) is 4.45. The van der Waals surface area contributed by atoms with Gasteiger partial charge < -0.3 is 4.74 Å². The van der Waals surface area contributed by atoms with Gasteiger partial charge >= 0.3 is 0 Å². The van der Waals surface area contributed by atoms with Gasteiger partial charge in [-0.3, -0.25) is 4.79 Å². The molecule has 0 spiro atoms. The summed E-state index contributed by atoms with van der Waals surface area (Å²) in [4.78, 5) is 14.6. The Morgan fingerprint density at radius 2 is 2.00 bits per heavy atom. The van der Waals surface area contributed by atoms with E-state index in [9.17, 15) is 4.79 Å². The predicted octanol–water partition coefficient (Wildman–Crippen LogP) is 4.31. The minimum Gasteiger partial charge on any atom is -0.487 e. The molecule has 3 heteroatoms. The SMILES string of the molecule is Cc1cc(C(=O)c2ccc3c(c2)CC(C)(C)O3)sc1C. The van der Waals surface area contributed by atoms with Gasteiger partial charge in [0.15, 0.2) is 0 Å². The van der Waals surface area contributed by atoms with Crippen LogP contribution >= 0.6 is 11.3 Å². The molecule has 1 aromatic heterocycles. The second-order valence-electron chi connectivity index (χ2n) is 6.04. The van der Waals surface area contributed by atoms with E-state index in [1.54, 1.807) is 11.3 Å². The van der Waals surface area contributed by atoms with Crippen LogP contribution in [0.3, 0.4) is 0 Å². The number of aryl methyl sites for hydroxylation is 2. The molecule has 2 aromatic rings. The Bertz CT molecular complexity index is 676. The first-order valence-electron chi connectivity index (χ1n) is 6.79. The van der Waals surface area contributed by atoms with E-state index >= 15 is 0 Å². The van der Waals surface area contributed by atoms with Gasteiger partial charge in [0, 0.05) is 16.9 Å². The molecule has 1 aromatic carbocycles.